The van der Waals surface area contributed by atoms with Gasteiger partial charge in [-0.1, -0.05) is 13.8 Å². The number of hydroxylamine groups is 2. The molecule has 2 rings (SSSR count). The number of nitrogens with one attached hydrogen (secondary N) is 1. The molecule has 2 N–H and O–H groups in total. The molecule has 2 amide bonds. The summed E-state index contributed by atoms with van der Waals surface area (Å²) < 4.78 is 5.48. The average Bonchev–Trinajstić information content (AvgIpc) is 3.11. The minimum absolute atomic E-state index is 0.0238. The fraction of sp³-hybridized carbons (Fsp3) is 0.880. The number of carbonyl (C=O) groups excluding carboxylic acids is 3. The maximum Gasteiger partial charge on any atom is 0.410 e. The molecule has 0 aromatic rings. The number of piperidine rings is 1. The second kappa shape index (κ2) is 9.90. The van der Waals surface area contributed by atoms with Gasteiger partial charge in [-0.2, -0.15) is 5.06 Å². The van der Waals surface area contributed by atoms with E-state index in [2.05, 4.69) is 5.32 Å². The van der Waals surface area contributed by atoms with Crippen molar-refractivity contribution in [2.24, 2.45) is 11.8 Å². The molecule has 8 nitrogen and oxygen atoms in total. The van der Waals surface area contributed by atoms with E-state index in [1.54, 1.807) is 20.8 Å². The molecule has 8 heteroatoms. The molecule has 0 unspecified atom stereocenters. The highest BCUT2D eigenvalue weighted by molar-refractivity contribution is 5.92. The van der Waals surface area contributed by atoms with Crippen molar-refractivity contribution in [3.8, 4) is 0 Å². The van der Waals surface area contributed by atoms with Gasteiger partial charge in [0.2, 0.25) is 5.91 Å². The Morgan fingerprint density at radius 3 is 2.12 bits per heavy atom. The molecule has 2 saturated heterocycles. The third-order valence-electron chi connectivity index (χ3n) is 6.80. The Morgan fingerprint density at radius 1 is 1.09 bits per heavy atom. The van der Waals surface area contributed by atoms with E-state index in [4.69, 9.17) is 4.74 Å². The van der Waals surface area contributed by atoms with Gasteiger partial charge in [-0.05, 0) is 80.1 Å². The highest BCUT2D eigenvalue weighted by atomic mass is 16.6. The molecule has 0 saturated carbocycles. The van der Waals surface area contributed by atoms with Crippen LogP contribution in [0.15, 0.2) is 0 Å². The van der Waals surface area contributed by atoms with Crippen LogP contribution >= 0.6 is 0 Å². The number of nitrogens with zero attached hydrogens (tertiary/aromatic N) is 2. The van der Waals surface area contributed by atoms with Crippen molar-refractivity contribution in [1.82, 2.24) is 15.3 Å². The van der Waals surface area contributed by atoms with Crippen molar-refractivity contribution in [2.45, 2.75) is 123 Å². The summed E-state index contributed by atoms with van der Waals surface area (Å²) in [5, 5.41) is 15.1. The van der Waals surface area contributed by atoms with Gasteiger partial charge in [0.25, 0.3) is 0 Å². The summed E-state index contributed by atoms with van der Waals surface area (Å²) in [6.07, 6.45) is 2.21. The van der Waals surface area contributed by atoms with Gasteiger partial charge in [-0.15, -0.1) is 0 Å². The van der Waals surface area contributed by atoms with E-state index in [0.29, 0.717) is 25.8 Å². The van der Waals surface area contributed by atoms with Crippen molar-refractivity contribution in [2.75, 3.05) is 6.54 Å². The molecule has 2 aliphatic heterocycles. The Morgan fingerprint density at radius 2 is 1.64 bits per heavy atom. The number of hydrogen-bond acceptors (Lipinski definition) is 6. The fourth-order valence-corrected chi connectivity index (χ4v) is 5.31. The molecule has 190 valence electrons. The predicted octanol–water partition coefficient (Wildman–Crippen LogP) is 4.14. The first-order valence-corrected chi connectivity index (χ1v) is 12.3. The lowest BCUT2D eigenvalue weighted by atomic mass is 9.78. The predicted molar refractivity (Wildman–Crippen MR) is 127 cm³/mol. The van der Waals surface area contributed by atoms with E-state index in [9.17, 15) is 19.6 Å². The van der Waals surface area contributed by atoms with Crippen LogP contribution in [0.5, 0.6) is 0 Å². The van der Waals surface area contributed by atoms with Crippen LogP contribution in [0, 0.1) is 11.8 Å². The molecule has 0 aliphatic carbocycles. The molecular weight excluding hydrogens is 422 g/mol. The lowest BCUT2D eigenvalue weighted by molar-refractivity contribution is -0.246. The maximum absolute atomic E-state index is 13.3. The first kappa shape index (κ1) is 27.6. The second-order valence-electron chi connectivity index (χ2n) is 12.4. The molecule has 33 heavy (non-hydrogen) atoms. The minimum Gasteiger partial charge on any atom is -0.444 e. The van der Waals surface area contributed by atoms with E-state index in [0.717, 1.165) is 6.42 Å². The zero-order valence-corrected chi connectivity index (χ0v) is 22.0. The number of Topliss-reactive ketones (excluding diaryl/α,β-unsaturated/α-hetero) is 1. The van der Waals surface area contributed by atoms with Crippen molar-refractivity contribution in [1.29, 1.82) is 0 Å². The smallest absolute Gasteiger partial charge is 0.410 e. The number of amides is 2. The van der Waals surface area contributed by atoms with E-state index < -0.39 is 34.7 Å². The van der Waals surface area contributed by atoms with Gasteiger partial charge in [-0.25, -0.2) is 4.79 Å². The van der Waals surface area contributed by atoms with Gasteiger partial charge in [0.15, 0.2) is 5.78 Å². The zero-order chi connectivity index (χ0) is 25.4. The van der Waals surface area contributed by atoms with Gasteiger partial charge in [0.05, 0.1) is 6.04 Å². The van der Waals surface area contributed by atoms with E-state index in [1.165, 1.54) is 9.96 Å². The second-order valence-corrected chi connectivity index (χ2v) is 12.4. The largest absolute Gasteiger partial charge is 0.444 e. The topological polar surface area (TPSA) is 99.2 Å². The van der Waals surface area contributed by atoms with Crippen LogP contribution in [0.2, 0.25) is 0 Å². The summed E-state index contributed by atoms with van der Waals surface area (Å²) in [6, 6.07) is -0.628. The normalized spacial score (nSPS) is 24.6. The highest BCUT2D eigenvalue weighted by Crippen LogP contribution is 2.37. The van der Waals surface area contributed by atoms with E-state index in [1.807, 2.05) is 41.5 Å². The standard InChI is InChI=1S/C25H45N3O5/c1-16(2)18(21(30)26-17-14-24(6,7)28(32)25(8,9)15-17)13-20(29)19-11-10-12-27(19)22(31)33-23(3,4)5/h16-19,32H,10-15H2,1-9H3,(H,26,30)/t18-,19+/m1/s1. The monoisotopic (exact) mass is 467 g/mol. The van der Waals surface area contributed by atoms with Gasteiger partial charge in [0, 0.05) is 36.0 Å². The molecule has 2 aliphatic rings. The third-order valence-corrected chi connectivity index (χ3v) is 6.80. The summed E-state index contributed by atoms with van der Waals surface area (Å²) in [6.45, 7) is 17.6. The SMILES string of the molecule is CC(C)[C@@H](CC(=O)[C@@H]1CCCN1C(=O)OC(C)(C)C)C(=O)NC1CC(C)(C)N(O)C(C)(C)C1. The summed E-state index contributed by atoms with van der Waals surface area (Å²) >= 11 is 0. The van der Waals surface area contributed by atoms with Crippen LogP contribution in [0.1, 0.15) is 94.4 Å². The summed E-state index contributed by atoms with van der Waals surface area (Å²) in [7, 11) is 0. The van der Waals surface area contributed by atoms with Crippen LogP contribution in [0.3, 0.4) is 0 Å². The van der Waals surface area contributed by atoms with Crippen molar-refractivity contribution >= 4 is 17.8 Å². The fourth-order valence-electron chi connectivity index (χ4n) is 5.31. The van der Waals surface area contributed by atoms with Gasteiger partial charge in [0.1, 0.15) is 5.60 Å². The minimum atomic E-state index is -0.626. The van der Waals surface area contributed by atoms with Crippen LogP contribution in [-0.2, 0) is 14.3 Å². The van der Waals surface area contributed by atoms with Crippen LogP contribution in [-0.4, -0.2) is 68.3 Å². The number of ketones is 1. The Labute approximate surface area is 199 Å². The number of carbonyl (C=O) groups is 3. The molecule has 2 atom stereocenters. The summed E-state index contributed by atoms with van der Waals surface area (Å²) in [4.78, 5) is 40.6. The van der Waals surface area contributed by atoms with Crippen LogP contribution in [0.4, 0.5) is 4.79 Å². The van der Waals surface area contributed by atoms with Crippen LogP contribution in [0.25, 0.3) is 0 Å². The van der Waals surface area contributed by atoms with E-state index >= 15 is 0 Å². The molecule has 0 bridgehead atoms. The molecule has 0 spiro atoms. The van der Waals surface area contributed by atoms with E-state index in [-0.39, 0.29) is 30.1 Å². The number of hydrogen-bond donors (Lipinski definition) is 2. The number of likely N-dealkylation sites (tertiary alicyclic amines) is 1. The lowest BCUT2D eigenvalue weighted by Crippen LogP contribution is -2.63. The highest BCUT2D eigenvalue weighted by Gasteiger charge is 2.46. The first-order chi connectivity index (χ1) is 14.9. The molecule has 2 heterocycles. The summed E-state index contributed by atoms with van der Waals surface area (Å²) in [5.74, 6) is -0.720. The third kappa shape index (κ3) is 6.92. The Bertz CT molecular complexity index is 723. The van der Waals surface area contributed by atoms with Crippen LogP contribution < -0.4 is 5.32 Å². The lowest BCUT2D eigenvalue weighted by Gasteiger charge is -2.51. The molecule has 0 radical (unpaired) electrons. The zero-order valence-electron chi connectivity index (χ0n) is 22.0. The van der Waals surface area contributed by atoms with Crippen molar-refractivity contribution < 1.29 is 24.3 Å². The average molecular weight is 468 g/mol. The Hall–Kier alpha value is -1.67. The van der Waals surface area contributed by atoms with Gasteiger partial charge in [-0.3, -0.25) is 14.5 Å². The summed E-state index contributed by atoms with van der Waals surface area (Å²) in [5.41, 5.74) is -1.57. The number of rotatable bonds is 6. The molecule has 0 aromatic heterocycles. The van der Waals surface area contributed by atoms with Gasteiger partial charge < -0.3 is 15.3 Å². The van der Waals surface area contributed by atoms with Gasteiger partial charge >= 0.3 is 6.09 Å². The van der Waals surface area contributed by atoms with Crippen molar-refractivity contribution in [3.05, 3.63) is 0 Å². The molecule has 0 aromatic carbocycles. The van der Waals surface area contributed by atoms with Crippen molar-refractivity contribution in [3.63, 3.8) is 0 Å². The first-order valence-electron chi connectivity index (χ1n) is 12.3. The number of ether oxygens (including phenoxy) is 1. The Kier molecular flexibility index (Phi) is 8.27. The molecular formula is C25H45N3O5. The Balaban J connectivity index is 2.07. The quantitative estimate of drug-likeness (QED) is 0.609. The maximum atomic E-state index is 13.3. The molecule has 2 fully saturated rings.